The molecule has 0 amide bonds. The summed E-state index contributed by atoms with van der Waals surface area (Å²) < 4.78 is 6.81. The van der Waals surface area contributed by atoms with E-state index in [1.807, 2.05) is 17.8 Å². The minimum absolute atomic E-state index is 0.359. The van der Waals surface area contributed by atoms with Crippen LogP contribution in [-0.2, 0) is 4.74 Å². The van der Waals surface area contributed by atoms with Crippen molar-refractivity contribution in [3.8, 4) is 0 Å². The van der Waals surface area contributed by atoms with Gasteiger partial charge in [0.1, 0.15) is 5.44 Å². The highest BCUT2D eigenvalue weighted by atomic mass is 79.9. The third kappa shape index (κ3) is 3.01. The van der Waals surface area contributed by atoms with Crippen LogP contribution in [0.15, 0.2) is 33.6 Å². The van der Waals surface area contributed by atoms with Gasteiger partial charge in [-0.1, -0.05) is 33.8 Å². The molecule has 1 unspecified atom stereocenters. The predicted octanol–water partition coefficient (Wildman–Crippen LogP) is 4.07. The molecule has 3 heteroatoms. The van der Waals surface area contributed by atoms with Crippen molar-refractivity contribution >= 4 is 27.7 Å². The molecule has 0 saturated carbocycles. The predicted molar refractivity (Wildman–Crippen MR) is 63.6 cm³/mol. The molecule has 76 valence electrons. The molecule has 0 radical (unpaired) electrons. The summed E-state index contributed by atoms with van der Waals surface area (Å²) in [6.07, 6.45) is 3.69. The molecule has 1 nitrogen and oxygen atoms in total. The number of hydrogen-bond acceptors (Lipinski definition) is 2. The highest BCUT2D eigenvalue weighted by Crippen LogP contribution is 2.31. The minimum atomic E-state index is 0.359. The fraction of sp³-hybridized carbons (Fsp3) is 0.455. The lowest BCUT2D eigenvalue weighted by molar-refractivity contribution is 0.0728. The molecule has 1 heterocycles. The molecule has 0 spiro atoms. The van der Waals surface area contributed by atoms with E-state index in [1.165, 1.54) is 24.2 Å². The second-order valence-corrected chi connectivity index (χ2v) is 5.52. The van der Waals surface area contributed by atoms with Crippen LogP contribution in [0.1, 0.15) is 19.3 Å². The molecule has 0 aromatic heterocycles. The first kappa shape index (κ1) is 10.5. The Labute approximate surface area is 97.4 Å². The molecule has 1 saturated heterocycles. The maximum absolute atomic E-state index is 5.67. The first-order valence-corrected chi connectivity index (χ1v) is 6.56. The fourth-order valence-corrected chi connectivity index (χ4v) is 3.15. The van der Waals surface area contributed by atoms with Crippen molar-refractivity contribution in [1.29, 1.82) is 0 Å². The highest BCUT2D eigenvalue weighted by Gasteiger charge is 2.14. The molecule has 1 aliphatic rings. The van der Waals surface area contributed by atoms with Crippen molar-refractivity contribution < 1.29 is 4.74 Å². The van der Waals surface area contributed by atoms with Crippen molar-refractivity contribution in [2.45, 2.75) is 29.6 Å². The van der Waals surface area contributed by atoms with Gasteiger partial charge in [0, 0.05) is 16.0 Å². The molecule has 0 N–H and O–H groups in total. The van der Waals surface area contributed by atoms with Crippen LogP contribution in [0, 0.1) is 0 Å². The third-order valence-corrected chi connectivity index (χ3v) is 3.86. The van der Waals surface area contributed by atoms with E-state index in [0.29, 0.717) is 5.44 Å². The highest BCUT2D eigenvalue weighted by molar-refractivity contribution is 9.10. The zero-order valence-electron chi connectivity index (χ0n) is 7.91. The first-order valence-electron chi connectivity index (χ1n) is 4.88. The lowest BCUT2D eigenvalue weighted by atomic mass is 10.2. The van der Waals surface area contributed by atoms with Crippen LogP contribution >= 0.6 is 27.7 Å². The number of thioether (sulfide) groups is 1. The molecule has 0 bridgehead atoms. The van der Waals surface area contributed by atoms with Crippen molar-refractivity contribution in [1.82, 2.24) is 0 Å². The average Bonchev–Trinajstić information content (AvgIpc) is 2.19. The number of ether oxygens (including phenoxy) is 1. The quantitative estimate of drug-likeness (QED) is 0.803. The smallest absolute Gasteiger partial charge is 0.107 e. The molecule has 0 aliphatic carbocycles. The van der Waals surface area contributed by atoms with E-state index in [1.54, 1.807) is 0 Å². The Hall–Kier alpha value is 0.01000. The number of rotatable bonds is 2. The van der Waals surface area contributed by atoms with Crippen molar-refractivity contribution in [2.24, 2.45) is 0 Å². The van der Waals surface area contributed by atoms with Crippen LogP contribution in [-0.4, -0.2) is 12.0 Å². The van der Waals surface area contributed by atoms with Crippen molar-refractivity contribution in [3.63, 3.8) is 0 Å². The Balaban J connectivity index is 1.95. The molecular weight excluding hydrogens is 260 g/mol. The maximum atomic E-state index is 5.67. The van der Waals surface area contributed by atoms with E-state index in [9.17, 15) is 0 Å². The third-order valence-electron chi connectivity index (χ3n) is 2.20. The van der Waals surface area contributed by atoms with Gasteiger partial charge in [0.2, 0.25) is 0 Å². The molecule has 1 atom stereocenters. The van der Waals surface area contributed by atoms with Gasteiger partial charge in [-0.25, -0.2) is 0 Å². The van der Waals surface area contributed by atoms with Crippen LogP contribution < -0.4 is 0 Å². The Morgan fingerprint density at radius 2 is 2.29 bits per heavy atom. The molecular formula is C11H13BrOS. The summed E-state index contributed by atoms with van der Waals surface area (Å²) >= 11 is 5.30. The molecule has 1 aliphatic heterocycles. The van der Waals surface area contributed by atoms with Gasteiger partial charge in [-0.2, -0.15) is 0 Å². The first-order chi connectivity index (χ1) is 6.84. The van der Waals surface area contributed by atoms with Crippen LogP contribution in [0.25, 0.3) is 0 Å². The van der Waals surface area contributed by atoms with Crippen LogP contribution in [0.2, 0.25) is 0 Å². The van der Waals surface area contributed by atoms with Gasteiger partial charge in [0.05, 0.1) is 0 Å². The van der Waals surface area contributed by atoms with E-state index in [4.69, 9.17) is 4.74 Å². The molecule has 1 aromatic carbocycles. The lowest BCUT2D eigenvalue weighted by Gasteiger charge is -2.21. The van der Waals surface area contributed by atoms with Gasteiger partial charge in [-0.15, -0.1) is 0 Å². The summed E-state index contributed by atoms with van der Waals surface area (Å²) in [4.78, 5) is 1.28. The second-order valence-electron chi connectivity index (χ2n) is 3.37. The van der Waals surface area contributed by atoms with Crippen LogP contribution in [0.5, 0.6) is 0 Å². The molecule has 1 aromatic rings. The topological polar surface area (TPSA) is 9.23 Å². The average molecular weight is 273 g/mol. The van der Waals surface area contributed by atoms with E-state index < -0.39 is 0 Å². The number of benzene rings is 1. The largest absolute Gasteiger partial charge is 0.367 e. The Kier molecular flexibility index (Phi) is 3.90. The number of halogens is 1. The standard InChI is InChI=1S/C11H13BrOS/c12-9-4-3-5-10(8-9)14-11-6-1-2-7-13-11/h3-5,8,11H,1-2,6-7H2. The molecule has 2 rings (SSSR count). The van der Waals surface area contributed by atoms with Gasteiger partial charge in [0.25, 0.3) is 0 Å². The SMILES string of the molecule is Brc1cccc(SC2CCCCO2)c1. The number of hydrogen-bond donors (Lipinski definition) is 0. The maximum Gasteiger partial charge on any atom is 0.107 e. The summed E-state index contributed by atoms with van der Waals surface area (Å²) in [5, 5.41) is 0. The van der Waals surface area contributed by atoms with E-state index in [0.717, 1.165) is 11.1 Å². The summed E-state index contributed by atoms with van der Waals surface area (Å²) in [6, 6.07) is 8.39. The second kappa shape index (κ2) is 5.19. The fourth-order valence-electron chi connectivity index (χ4n) is 1.50. The zero-order chi connectivity index (χ0) is 9.80. The molecule has 1 fully saturated rings. The van der Waals surface area contributed by atoms with E-state index in [2.05, 4.69) is 34.1 Å². The molecule has 14 heavy (non-hydrogen) atoms. The Morgan fingerprint density at radius 3 is 3.00 bits per heavy atom. The van der Waals surface area contributed by atoms with Gasteiger partial charge in [-0.3, -0.25) is 0 Å². The van der Waals surface area contributed by atoms with Crippen LogP contribution in [0.4, 0.5) is 0 Å². The Bertz CT molecular complexity index is 297. The normalized spacial score (nSPS) is 22.2. The lowest BCUT2D eigenvalue weighted by Crippen LogP contribution is -2.14. The van der Waals surface area contributed by atoms with Crippen molar-refractivity contribution in [2.75, 3.05) is 6.61 Å². The van der Waals surface area contributed by atoms with E-state index in [-0.39, 0.29) is 0 Å². The minimum Gasteiger partial charge on any atom is -0.367 e. The summed E-state index contributed by atoms with van der Waals surface area (Å²) in [5.74, 6) is 0. The van der Waals surface area contributed by atoms with Crippen molar-refractivity contribution in [3.05, 3.63) is 28.7 Å². The van der Waals surface area contributed by atoms with Crippen LogP contribution in [0.3, 0.4) is 0 Å². The van der Waals surface area contributed by atoms with E-state index >= 15 is 0 Å². The summed E-state index contributed by atoms with van der Waals surface area (Å²) in [6.45, 7) is 0.922. The van der Waals surface area contributed by atoms with Gasteiger partial charge in [0.15, 0.2) is 0 Å². The van der Waals surface area contributed by atoms with Gasteiger partial charge in [-0.05, 0) is 37.5 Å². The zero-order valence-corrected chi connectivity index (χ0v) is 10.3. The Morgan fingerprint density at radius 1 is 1.36 bits per heavy atom. The monoisotopic (exact) mass is 272 g/mol. The van der Waals surface area contributed by atoms with Gasteiger partial charge < -0.3 is 4.74 Å². The summed E-state index contributed by atoms with van der Waals surface area (Å²) in [5.41, 5.74) is 0.359. The van der Waals surface area contributed by atoms with Gasteiger partial charge >= 0.3 is 0 Å². The summed E-state index contributed by atoms with van der Waals surface area (Å²) in [7, 11) is 0.